The molecule has 3 rings (SSSR count). The molecule has 0 spiro atoms. The summed E-state index contributed by atoms with van der Waals surface area (Å²) in [5.74, 6) is -2.61. The van der Waals surface area contributed by atoms with Crippen LogP contribution in [0.1, 0.15) is 30.0 Å². The summed E-state index contributed by atoms with van der Waals surface area (Å²) in [6.07, 6.45) is -9.68. The number of amides is 1. The average molecular weight is 478 g/mol. The standard InChI is InChI=1S/C19H14ClF6N5O/c1-17(2,19(24,25)26)27-15(32)12-7-11(10-3-5-13(20)6-4-10)8-14(9-12)31-16(18(21,22)23)28-29-30-31/h3-9H,1-2H3,(H,27,32). The normalized spacial score (nSPS) is 12.7. The fourth-order valence-corrected chi connectivity index (χ4v) is 2.76. The van der Waals surface area contributed by atoms with E-state index < -0.39 is 29.6 Å². The summed E-state index contributed by atoms with van der Waals surface area (Å²) in [5.41, 5.74) is -2.51. The van der Waals surface area contributed by atoms with Gasteiger partial charge < -0.3 is 5.32 Å². The zero-order valence-corrected chi connectivity index (χ0v) is 17.1. The van der Waals surface area contributed by atoms with E-state index in [9.17, 15) is 31.1 Å². The lowest BCUT2D eigenvalue weighted by Gasteiger charge is -2.29. The number of halogens is 7. The Morgan fingerprint density at radius 3 is 2.16 bits per heavy atom. The van der Waals surface area contributed by atoms with Crippen LogP contribution in [0.5, 0.6) is 0 Å². The molecule has 0 aliphatic carbocycles. The van der Waals surface area contributed by atoms with Gasteiger partial charge in [-0.05, 0) is 65.7 Å². The zero-order valence-electron chi connectivity index (χ0n) is 16.4. The largest absolute Gasteiger partial charge is 0.453 e. The van der Waals surface area contributed by atoms with Crippen LogP contribution >= 0.6 is 11.6 Å². The number of nitrogens with zero attached hydrogens (tertiary/aromatic N) is 4. The molecule has 32 heavy (non-hydrogen) atoms. The van der Waals surface area contributed by atoms with Crippen molar-refractivity contribution in [3.8, 4) is 16.8 Å². The van der Waals surface area contributed by atoms with E-state index in [-0.39, 0.29) is 16.8 Å². The molecule has 1 amide bonds. The van der Waals surface area contributed by atoms with Gasteiger partial charge in [0.05, 0.1) is 5.69 Å². The van der Waals surface area contributed by atoms with Crippen molar-refractivity contribution in [3.63, 3.8) is 0 Å². The van der Waals surface area contributed by atoms with E-state index in [2.05, 4.69) is 15.5 Å². The third kappa shape index (κ3) is 4.85. The van der Waals surface area contributed by atoms with Crippen molar-refractivity contribution in [1.29, 1.82) is 0 Å². The Morgan fingerprint density at radius 2 is 1.59 bits per heavy atom. The second-order valence-corrected chi connectivity index (χ2v) is 7.70. The lowest BCUT2D eigenvalue weighted by Crippen LogP contribution is -2.54. The van der Waals surface area contributed by atoms with E-state index in [1.807, 2.05) is 5.32 Å². The first-order valence-corrected chi connectivity index (χ1v) is 9.23. The first-order chi connectivity index (χ1) is 14.7. The molecule has 0 saturated carbocycles. The zero-order chi connectivity index (χ0) is 23.9. The highest BCUT2D eigenvalue weighted by Gasteiger charge is 2.48. The van der Waals surface area contributed by atoms with Crippen LogP contribution in [0.4, 0.5) is 26.3 Å². The molecular formula is C19H14ClF6N5O. The van der Waals surface area contributed by atoms with Gasteiger partial charge in [-0.1, -0.05) is 23.7 Å². The van der Waals surface area contributed by atoms with E-state index in [1.54, 1.807) is 0 Å². The molecule has 6 nitrogen and oxygen atoms in total. The average Bonchev–Trinajstić information content (AvgIpc) is 3.17. The van der Waals surface area contributed by atoms with Crippen LogP contribution in [0, 0.1) is 0 Å². The first kappa shape index (κ1) is 23.5. The quantitative estimate of drug-likeness (QED) is 0.532. The predicted molar refractivity (Wildman–Crippen MR) is 102 cm³/mol. The van der Waals surface area contributed by atoms with Gasteiger partial charge in [0.25, 0.3) is 11.7 Å². The molecule has 3 aromatic rings. The maximum Gasteiger partial charge on any atom is 0.453 e. The van der Waals surface area contributed by atoms with Crippen LogP contribution in [-0.4, -0.2) is 37.8 Å². The Hall–Kier alpha value is -3.15. The smallest absolute Gasteiger partial charge is 0.338 e. The fourth-order valence-electron chi connectivity index (χ4n) is 2.64. The minimum atomic E-state index is -4.92. The highest BCUT2D eigenvalue weighted by Crippen LogP contribution is 2.32. The van der Waals surface area contributed by atoms with Crippen molar-refractivity contribution in [2.75, 3.05) is 0 Å². The van der Waals surface area contributed by atoms with Crippen LogP contribution < -0.4 is 5.32 Å². The molecule has 0 bridgehead atoms. The Bertz CT molecular complexity index is 1140. The van der Waals surface area contributed by atoms with Gasteiger partial charge in [0.15, 0.2) is 0 Å². The summed E-state index contributed by atoms with van der Waals surface area (Å²) in [6.45, 7) is 1.52. The van der Waals surface area contributed by atoms with Crippen LogP contribution in [0.3, 0.4) is 0 Å². The van der Waals surface area contributed by atoms with Gasteiger partial charge in [0, 0.05) is 10.6 Å². The summed E-state index contributed by atoms with van der Waals surface area (Å²) in [7, 11) is 0. The monoisotopic (exact) mass is 477 g/mol. The molecule has 0 unspecified atom stereocenters. The number of hydrogen-bond acceptors (Lipinski definition) is 4. The number of carbonyl (C=O) groups excluding carboxylic acids is 1. The lowest BCUT2D eigenvalue weighted by atomic mass is 10.00. The number of tetrazole rings is 1. The van der Waals surface area contributed by atoms with Gasteiger partial charge in [-0.2, -0.15) is 31.0 Å². The van der Waals surface area contributed by atoms with Crippen molar-refractivity contribution in [1.82, 2.24) is 25.5 Å². The van der Waals surface area contributed by atoms with Crippen molar-refractivity contribution in [2.24, 2.45) is 0 Å². The Kier molecular flexibility index (Phi) is 5.94. The predicted octanol–water partition coefficient (Wildman–Crippen LogP) is 5.07. The van der Waals surface area contributed by atoms with Crippen LogP contribution in [0.15, 0.2) is 42.5 Å². The first-order valence-electron chi connectivity index (χ1n) is 8.85. The van der Waals surface area contributed by atoms with Gasteiger partial charge >= 0.3 is 12.4 Å². The van der Waals surface area contributed by atoms with E-state index in [1.165, 1.54) is 36.4 Å². The summed E-state index contributed by atoms with van der Waals surface area (Å²) in [5, 5.41) is 11.5. The number of benzene rings is 2. The van der Waals surface area contributed by atoms with Gasteiger partial charge in [0.1, 0.15) is 5.54 Å². The maximum absolute atomic E-state index is 13.3. The Balaban J connectivity index is 2.15. The third-order valence-electron chi connectivity index (χ3n) is 4.46. The Labute approximate surface area is 182 Å². The molecule has 0 aliphatic heterocycles. The van der Waals surface area contributed by atoms with Gasteiger partial charge in [0.2, 0.25) is 0 Å². The van der Waals surface area contributed by atoms with Crippen LogP contribution in [-0.2, 0) is 6.18 Å². The molecule has 1 N–H and O–H groups in total. The third-order valence-corrected chi connectivity index (χ3v) is 4.71. The number of nitrogens with one attached hydrogen (secondary N) is 1. The molecule has 1 aromatic heterocycles. The molecule has 170 valence electrons. The second-order valence-electron chi connectivity index (χ2n) is 7.26. The molecule has 13 heteroatoms. The van der Waals surface area contributed by atoms with E-state index in [0.29, 0.717) is 15.3 Å². The lowest BCUT2D eigenvalue weighted by molar-refractivity contribution is -0.182. The second kappa shape index (κ2) is 8.08. The number of rotatable bonds is 4. The Morgan fingerprint density at radius 1 is 0.969 bits per heavy atom. The molecule has 0 fully saturated rings. The van der Waals surface area contributed by atoms with Gasteiger partial charge in [-0.15, -0.1) is 5.10 Å². The molecule has 0 atom stereocenters. The van der Waals surface area contributed by atoms with Crippen LogP contribution in [0.25, 0.3) is 16.8 Å². The molecule has 1 heterocycles. The highest BCUT2D eigenvalue weighted by atomic mass is 35.5. The summed E-state index contributed by atoms with van der Waals surface area (Å²) < 4.78 is 79.7. The van der Waals surface area contributed by atoms with E-state index in [0.717, 1.165) is 19.9 Å². The topological polar surface area (TPSA) is 72.7 Å². The number of alkyl halides is 6. The summed E-state index contributed by atoms with van der Waals surface area (Å²) in [6, 6.07) is 9.56. The number of aromatic nitrogens is 4. The molecular weight excluding hydrogens is 464 g/mol. The number of carbonyl (C=O) groups is 1. The molecule has 0 saturated heterocycles. The van der Waals surface area contributed by atoms with E-state index in [4.69, 9.17) is 11.6 Å². The van der Waals surface area contributed by atoms with Crippen molar-refractivity contribution < 1.29 is 31.1 Å². The minimum absolute atomic E-state index is 0.234. The van der Waals surface area contributed by atoms with Crippen molar-refractivity contribution in [2.45, 2.75) is 31.7 Å². The molecule has 0 aliphatic rings. The maximum atomic E-state index is 13.3. The molecule has 0 radical (unpaired) electrons. The fraction of sp³-hybridized carbons (Fsp3) is 0.263. The summed E-state index contributed by atoms with van der Waals surface area (Å²) in [4.78, 5) is 12.6. The van der Waals surface area contributed by atoms with Gasteiger partial charge in [-0.25, -0.2) is 0 Å². The van der Waals surface area contributed by atoms with Crippen molar-refractivity contribution in [3.05, 3.63) is 58.9 Å². The summed E-state index contributed by atoms with van der Waals surface area (Å²) >= 11 is 5.85. The number of hydrogen-bond donors (Lipinski definition) is 1. The van der Waals surface area contributed by atoms with Gasteiger partial charge in [-0.3, -0.25) is 4.79 Å². The van der Waals surface area contributed by atoms with Crippen molar-refractivity contribution >= 4 is 17.5 Å². The minimum Gasteiger partial charge on any atom is -0.338 e. The SMILES string of the molecule is CC(C)(NC(=O)c1cc(-c2ccc(Cl)cc2)cc(-n2nnnc2C(F)(F)F)c1)C(F)(F)F. The molecule has 2 aromatic carbocycles. The van der Waals surface area contributed by atoms with Crippen LogP contribution in [0.2, 0.25) is 5.02 Å². The highest BCUT2D eigenvalue weighted by molar-refractivity contribution is 6.30. The van der Waals surface area contributed by atoms with E-state index >= 15 is 0 Å².